The van der Waals surface area contributed by atoms with Gasteiger partial charge in [-0.2, -0.15) is 13.2 Å². The van der Waals surface area contributed by atoms with Crippen LogP contribution in [0.25, 0.3) is 0 Å². The number of anilines is 1. The number of alkyl halides is 3. The summed E-state index contributed by atoms with van der Waals surface area (Å²) >= 11 is 0. The smallest absolute Gasteiger partial charge is 0.382 e. The third kappa shape index (κ3) is 5.10. The van der Waals surface area contributed by atoms with Gasteiger partial charge in [-0.15, -0.1) is 0 Å². The number of ether oxygens (including phenoxy) is 1. The molecule has 144 valence electrons. The van der Waals surface area contributed by atoms with E-state index in [2.05, 4.69) is 5.32 Å². The topological polar surface area (TPSA) is 61.9 Å². The summed E-state index contributed by atoms with van der Waals surface area (Å²) in [6, 6.07) is 3.78. The Kier molecular flexibility index (Phi) is 5.14. The number of hydrogen-bond donors (Lipinski definition) is 1. The van der Waals surface area contributed by atoms with E-state index in [4.69, 9.17) is 8.85 Å². The summed E-state index contributed by atoms with van der Waals surface area (Å²) < 4.78 is 64.9. The average molecular weight is 376 g/mol. The largest absolute Gasteiger partial charge is 0.416 e. The van der Waals surface area contributed by atoms with Gasteiger partial charge < -0.3 is 19.9 Å². The molecule has 0 unspecified atom stereocenters. The quantitative estimate of drug-likeness (QED) is 0.846. The highest BCUT2D eigenvalue weighted by Gasteiger charge is 2.32. The van der Waals surface area contributed by atoms with Crippen LogP contribution in [0, 0.1) is 0 Å². The standard InChI is InChI=1S/C17H22F3N3O3/c1-12(24)21-15(11-26-2)16(25)23-8-6-22(7-9-23)14-5-3-4-13(10-14)17(18,19)20/h3-5,10,15H,6-9,11H2,1-2H3,(H,21,24)/t15-/m1/s1/i1D3. The van der Waals surface area contributed by atoms with E-state index in [-0.39, 0.29) is 19.7 Å². The number of rotatable bonds is 5. The highest BCUT2D eigenvalue weighted by molar-refractivity contribution is 5.87. The molecule has 1 atom stereocenters. The lowest BCUT2D eigenvalue weighted by molar-refractivity contribution is -0.137. The van der Waals surface area contributed by atoms with E-state index in [1.54, 1.807) is 11.0 Å². The first-order valence-corrected chi connectivity index (χ1v) is 7.94. The SMILES string of the molecule is [2H]C([2H])([2H])C(=O)N[C@H](COC)C(=O)N1CCN(c2cccc(C(F)(F)F)c2)CC1. The van der Waals surface area contributed by atoms with Crippen LogP contribution < -0.4 is 10.2 Å². The zero-order valence-electron chi connectivity index (χ0n) is 17.2. The molecule has 0 bridgehead atoms. The van der Waals surface area contributed by atoms with Crippen LogP contribution >= 0.6 is 0 Å². The minimum absolute atomic E-state index is 0.200. The number of nitrogens with one attached hydrogen (secondary N) is 1. The maximum absolute atomic E-state index is 12.9. The molecule has 0 aliphatic carbocycles. The minimum Gasteiger partial charge on any atom is -0.382 e. The van der Waals surface area contributed by atoms with E-state index in [1.165, 1.54) is 18.1 Å². The van der Waals surface area contributed by atoms with Crippen molar-refractivity contribution in [2.75, 3.05) is 44.8 Å². The number of nitrogens with zero attached hydrogens (tertiary/aromatic N) is 2. The second kappa shape index (κ2) is 8.39. The maximum Gasteiger partial charge on any atom is 0.416 e. The molecule has 6 nitrogen and oxygen atoms in total. The summed E-state index contributed by atoms with van der Waals surface area (Å²) in [5, 5.41) is 2.17. The lowest BCUT2D eigenvalue weighted by Gasteiger charge is -2.37. The molecule has 0 radical (unpaired) electrons. The van der Waals surface area contributed by atoms with Gasteiger partial charge >= 0.3 is 6.18 Å². The predicted molar refractivity (Wildman–Crippen MR) is 89.7 cm³/mol. The number of hydrogen-bond acceptors (Lipinski definition) is 4. The average Bonchev–Trinajstić information content (AvgIpc) is 2.66. The van der Waals surface area contributed by atoms with Gasteiger partial charge in [-0.25, -0.2) is 0 Å². The molecule has 1 aliphatic heterocycles. The minimum atomic E-state index is -4.44. The van der Waals surface area contributed by atoms with Gasteiger partial charge in [-0.3, -0.25) is 9.59 Å². The van der Waals surface area contributed by atoms with Gasteiger partial charge in [0.05, 0.1) is 12.2 Å². The van der Waals surface area contributed by atoms with E-state index in [0.29, 0.717) is 18.8 Å². The van der Waals surface area contributed by atoms with Gasteiger partial charge in [0, 0.05) is 49.9 Å². The molecule has 1 fully saturated rings. The van der Waals surface area contributed by atoms with Gasteiger partial charge in [0.1, 0.15) is 6.04 Å². The van der Waals surface area contributed by atoms with Crippen LogP contribution in [0.3, 0.4) is 0 Å². The first-order valence-electron chi connectivity index (χ1n) is 9.44. The molecule has 1 aliphatic rings. The number of benzene rings is 1. The molecule has 0 saturated carbocycles. The Morgan fingerprint density at radius 3 is 2.58 bits per heavy atom. The third-order valence-corrected chi connectivity index (χ3v) is 4.07. The van der Waals surface area contributed by atoms with Crippen molar-refractivity contribution < 1.29 is 31.6 Å². The first kappa shape index (κ1) is 15.9. The van der Waals surface area contributed by atoms with Crippen molar-refractivity contribution in [3.63, 3.8) is 0 Å². The molecule has 26 heavy (non-hydrogen) atoms. The van der Waals surface area contributed by atoms with E-state index in [9.17, 15) is 22.8 Å². The molecule has 0 spiro atoms. The summed E-state index contributed by atoms with van der Waals surface area (Å²) in [6.07, 6.45) is -4.44. The molecular formula is C17H22F3N3O3. The number of methoxy groups -OCH3 is 1. The van der Waals surface area contributed by atoms with Crippen LogP contribution in [0.1, 0.15) is 16.5 Å². The highest BCUT2D eigenvalue weighted by atomic mass is 19.4. The first-order chi connectivity index (χ1) is 13.4. The molecule has 1 aromatic rings. The molecule has 1 heterocycles. The summed E-state index contributed by atoms with van der Waals surface area (Å²) in [5.74, 6) is -1.76. The van der Waals surface area contributed by atoms with Gasteiger partial charge in [-0.1, -0.05) is 6.07 Å². The van der Waals surface area contributed by atoms with Crippen molar-refractivity contribution in [2.45, 2.75) is 19.1 Å². The second-order valence-electron chi connectivity index (χ2n) is 5.84. The molecule has 2 amide bonds. The maximum atomic E-state index is 12.9. The number of carbonyl (C=O) groups excluding carboxylic acids is 2. The summed E-state index contributed by atoms with van der Waals surface area (Å²) in [7, 11) is 1.31. The Labute approximate surface area is 154 Å². The lowest BCUT2D eigenvalue weighted by atomic mass is 10.1. The van der Waals surface area contributed by atoms with Crippen LogP contribution in [0.5, 0.6) is 0 Å². The number of halogens is 3. The van der Waals surface area contributed by atoms with E-state index >= 15 is 0 Å². The van der Waals surface area contributed by atoms with Crippen LogP contribution in [-0.2, 0) is 20.5 Å². The summed E-state index contributed by atoms with van der Waals surface area (Å²) in [6.45, 7) is -2.10. The number of amides is 2. The summed E-state index contributed by atoms with van der Waals surface area (Å²) in [5.41, 5.74) is -0.350. The van der Waals surface area contributed by atoms with Crippen molar-refractivity contribution >= 4 is 17.5 Å². The molecular weight excluding hydrogens is 351 g/mol. The Balaban J connectivity index is 2.01. The Morgan fingerprint density at radius 2 is 2.00 bits per heavy atom. The normalized spacial score (nSPS) is 18.5. The fourth-order valence-electron chi connectivity index (χ4n) is 2.78. The Hall–Kier alpha value is -2.29. The van der Waals surface area contributed by atoms with Crippen LogP contribution in [0.4, 0.5) is 18.9 Å². The van der Waals surface area contributed by atoms with E-state index in [1.807, 2.05) is 0 Å². The van der Waals surface area contributed by atoms with Gasteiger partial charge in [0.15, 0.2) is 0 Å². The molecule has 1 aromatic carbocycles. The predicted octanol–water partition coefficient (Wildman–Crippen LogP) is 1.51. The lowest BCUT2D eigenvalue weighted by Crippen LogP contribution is -2.56. The summed E-state index contributed by atoms with van der Waals surface area (Å²) in [4.78, 5) is 27.5. The highest BCUT2D eigenvalue weighted by Crippen LogP contribution is 2.31. The van der Waals surface area contributed by atoms with Crippen molar-refractivity contribution in [3.05, 3.63) is 29.8 Å². The third-order valence-electron chi connectivity index (χ3n) is 4.07. The van der Waals surface area contributed by atoms with Crippen LogP contribution in [0.15, 0.2) is 24.3 Å². The monoisotopic (exact) mass is 376 g/mol. The molecule has 9 heteroatoms. The van der Waals surface area contributed by atoms with Crippen molar-refractivity contribution in [1.82, 2.24) is 10.2 Å². The fourth-order valence-corrected chi connectivity index (χ4v) is 2.78. The van der Waals surface area contributed by atoms with Crippen molar-refractivity contribution in [1.29, 1.82) is 0 Å². The molecule has 1 N–H and O–H groups in total. The Bertz CT molecular complexity index is 736. The van der Waals surface area contributed by atoms with Crippen molar-refractivity contribution in [2.24, 2.45) is 0 Å². The van der Waals surface area contributed by atoms with Crippen molar-refractivity contribution in [3.8, 4) is 0 Å². The second-order valence-corrected chi connectivity index (χ2v) is 5.84. The van der Waals surface area contributed by atoms with E-state index < -0.39 is 36.4 Å². The van der Waals surface area contributed by atoms with Crippen LogP contribution in [0.2, 0.25) is 0 Å². The number of piperazine rings is 1. The van der Waals surface area contributed by atoms with Crippen LogP contribution in [-0.4, -0.2) is 62.7 Å². The molecule has 1 saturated heterocycles. The zero-order chi connectivity index (χ0) is 21.8. The van der Waals surface area contributed by atoms with Gasteiger partial charge in [0.2, 0.25) is 11.8 Å². The molecule has 2 rings (SSSR count). The Morgan fingerprint density at radius 1 is 1.31 bits per heavy atom. The number of carbonyl (C=O) groups is 2. The van der Waals surface area contributed by atoms with Gasteiger partial charge in [-0.05, 0) is 18.2 Å². The molecule has 0 aromatic heterocycles. The van der Waals surface area contributed by atoms with Gasteiger partial charge in [0.25, 0.3) is 0 Å². The fraction of sp³-hybridized carbons (Fsp3) is 0.529. The van der Waals surface area contributed by atoms with E-state index in [0.717, 1.165) is 12.1 Å². The zero-order valence-corrected chi connectivity index (χ0v) is 14.2.